The summed E-state index contributed by atoms with van der Waals surface area (Å²) in [5, 5.41) is 21.8. The van der Waals surface area contributed by atoms with Gasteiger partial charge in [-0.05, 0) is 48.0 Å². The number of benzene rings is 2. The van der Waals surface area contributed by atoms with Crippen molar-refractivity contribution in [3.05, 3.63) is 59.1 Å². The second-order valence-corrected chi connectivity index (χ2v) is 4.51. The first-order valence-corrected chi connectivity index (χ1v) is 6.19. The zero-order chi connectivity index (χ0) is 14.5. The van der Waals surface area contributed by atoms with Crippen LogP contribution in [-0.4, -0.2) is 16.1 Å². The summed E-state index contributed by atoms with van der Waals surface area (Å²) in [5.74, 6) is -0.738. The second-order valence-electron chi connectivity index (χ2n) is 4.08. The molecular weight excluding hydrogens is 278 g/mol. The molecule has 0 radical (unpaired) electrons. The lowest BCUT2D eigenvalue weighted by atomic mass is 10.2. The summed E-state index contributed by atoms with van der Waals surface area (Å²) in [7, 11) is 0. The minimum atomic E-state index is -0.306. The Balaban J connectivity index is 2.01. The van der Waals surface area contributed by atoms with Crippen LogP contribution in [0.4, 0.5) is 5.69 Å². The third-order valence-corrected chi connectivity index (χ3v) is 2.79. The summed E-state index contributed by atoms with van der Waals surface area (Å²) in [6.45, 7) is 0. The van der Waals surface area contributed by atoms with Crippen LogP contribution in [0.15, 0.2) is 48.5 Å². The Labute approximate surface area is 120 Å². The predicted molar refractivity (Wildman–Crippen MR) is 78.9 cm³/mol. The van der Waals surface area contributed by atoms with Gasteiger partial charge in [-0.1, -0.05) is 17.7 Å². The average Bonchev–Trinajstić information content (AvgIpc) is 2.43. The lowest BCUT2D eigenvalue weighted by Crippen LogP contribution is -2.07. The number of halogens is 1. The van der Waals surface area contributed by atoms with Gasteiger partial charge in [0.05, 0.1) is 0 Å². The van der Waals surface area contributed by atoms with Gasteiger partial charge >= 0.3 is 0 Å². The van der Waals surface area contributed by atoms with E-state index in [-0.39, 0.29) is 17.4 Å². The summed E-state index contributed by atoms with van der Waals surface area (Å²) < 4.78 is 0. The molecule has 0 aliphatic heterocycles. The molecule has 1 amide bonds. The fourth-order valence-electron chi connectivity index (χ4n) is 1.53. The third kappa shape index (κ3) is 3.76. The Bertz CT molecular complexity index is 651. The van der Waals surface area contributed by atoms with Crippen molar-refractivity contribution in [3.8, 4) is 11.5 Å². The van der Waals surface area contributed by atoms with Crippen LogP contribution in [0.1, 0.15) is 5.56 Å². The largest absolute Gasteiger partial charge is 0.504 e. The van der Waals surface area contributed by atoms with Gasteiger partial charge in [0.1, 0.15) is 0 Å². The van der Waals surface area contributed by atoms with Crippen LogP contribution < -0.4 is 5.32 Å². The van der Waals surface area contributed by atoms with Gasteiger partial charge in [-0.25, -0.2) is 0 Å². The summed E-state index contributed by atoms with van der Waals surface area (Å²) in [6, 6.07) is 11.0. The van der Waals surface area contributed by atoms with Crippen LogP contribution >= 0.6 is 11.6 Å². The molecule has 0 fully saturated rings. The highest BCUT2D eigenvalue weighted by molar-refractivity contribution is 6.30. The fraction of sp³-hybridized carbons (Fsp3) is 0. The van der Waals surface area contributed by atoms with Crippen molar-refractivity contribution >= 4 is 29.3 Å². The predicted octanol–water partition coefficient (Wildman–Crippen LogP) is 3.40. The van der Waals surface area contributed by atoms with Gasteiger partial charge in [-0.2, -0.15) is 0 Å². The van der Waals surface area contributed by atoms with Crippen LogP contribution in [0.5, 0.6) is 11.5 Å². The number of hydrogen-bond acceptors (Lipinski definition) is 3. The second kappa shape index (κ2) is 6.12. The number of nitrogens with one attached hydrogen (secondary N) is 1. The van der Waals surface area contributed by atoms with Crippen molar-refractivity contribution < 1.29 is 15.0 Å². The Morgan fingerprint density at radius 2 is 1.75 bits per heavy atom. The molecule has 2 rings (SSSR count). The van der Waals surface area contributed by atoms with Gasteiger partial charge < -0.3 is 15.5 Å². The van der Waals surface area contributed by atoms with Gasteiger partial charge in [0, 0.05) is 16.8 Å². The zero-order valence-corrected chi connectivity index (χ0v) is 11.1. The van der Waals surface area contributed by atoms with Crippen LogP contribution in [0, 0.1) is 0 Å². The van der Waals surface area contributed by atoms with Gasteiger partial charge in [0.25, 0.3) is 0 Å². The number of phenols is 2. The minimum Gasteiger partial charge on any atom is -0.504 e. The molecule has 5 heteroatoms. The van der Waals surface area contributed by atoms with Crippen LogP contribution in [0.3, 0.4) is 0 Å². The molecule has 4 nitrogen and oxygen atoms in total. The highest BCUT2D eigenvalue weighted by atomic mass is 35.5. The van der Waals surface area contributed by atoms with Crippen molar-refractivity contribution in [1.82, 2.24) is 0 Å². The SMILES string of the molecule is O=C(/C=C/c1ccc(O)c(O)c1)Nc1ccc(Cl)cc1. The van der Waals surface area contributed by atoms with Gasteiger partial charge in [0.2, 0.25) is 5.91 Å². The molecule has 0 spiro atoms. The molecule has 0 aliphatic rings. The molecular formula is C15H12ClNO3. The summed E-state index contributed by atoms with van der Waals surface area (Å²) in [5.41, 5.74) is 1.24. The number of anilines is 1. The Kier molecular flexibility index (Phi) is 4.27. The number of phenolic OH excluding ortho intramolecular Hbond substituents is 2. The Morgan fingerprint density at radius 1 is 1.05 bits per heavy atom. The van der Waals surface area contributed by atoms with Crippen LogP contribution in [0.25, 0.3) is 6.08 Å². The van der Waals surface area contributed by atoms with E-state index in [1.165, 1.54) is 24.3 Å². The number of carbonyl (C=O) groups excluding carboxylic acids is 1. The quantitative estimate of drug-likeness (QED) is 0.599. The van der Waals surface area contributed by atoms with Crippen LogP contribution in [0.2, 0.25) is 5.02 Å². The molecule has 0 bridgehead atoms. The topological polar surface area (TPSA) is 69.6 Å². The van der Waals surface area contributed by atoms with E-state index in [9.17, 15) is 15.0 Å². The van der Waals surface area contributed by atoms with E-state index in [2.05, 4.69) is 5.32 Å². The van der Waals surface area contributed by atoms with Crippen molar-refractivity contribution in [1.29, 1.82) is 0 Å². The first kappa shape index (κ1) is 14.0. The standard InChI is InChI=1S/C15H12ClNO3/c16-11-3-5-12(6-4-11)17-15(20)8-2-10-1-7-13(18)14(19)9-10/h1-9,18-19H,(H,17,20)/b8-2+. The highest BCUT2D eigenvalue weighted by Gasteiger charge is 2.00. The maximum absolute atomic E-state index is 11.7. The van der Waals surface area contributed by atoms with Crippen molar-refractivity contribution in [2.45, 2.75) is 0 Å². The van der Waals surface area contributed by atoms with E-state index in [0.29, 0.717) is 16.3 Å². The highest BCUT2D eigenvalue weighted by Crippen LogP contribution is 2.25. The number of hydrogen-bond donors (Lipinski definition) is 3. The summed E-state index contributed by atoms with van der Waals surface area (Å²) >= 11 is 5.75. The van der Waals surface area contributed by atoms with Gasteiger partial charge in [0.15, 0.2) is 11.5 Å². The molecule has 3 N–H and O–H groups in total. The van der Waals surface area contributed by atoms with E-state index >= 15 is 0 Å². The molecule has 2 aromatic carbocycles. The lowest BCUT2D eigenvalue weighted by molar-refractivity contribution is -0.111. The average molecular weight is 290 g/mol. The first-order chi connectivity index (χ1) is 9.54. The fourth-order valence-corrected chi connectivity index (χ4v) is 1.66. The van der Waals surface area contributed by atoms with Gasteiger partial charge in [-0.3, -0.25) is 4.79 Å². The van der Waals surface area contributed by atoms with Crippen molar-refractivity contribution in [2.75, 3.05) is 5.32 Å². The normalized spacial score (nSPS) is 10.7. The maximum atomic E-state index is 11.7. The van der Waals surface area contributed by atoms with E-state index < -0.39 is 0 Å². The smallest absolute Gasteiger partial charge is 0.248 e. The molecule has 2 aromatic rings. The van der Waals surface area contributed by atoms with E-state index in [0.717, 1.165) is 0 Å². The monoisotopic (exact) mass is 289 g/mol. The summed E-state index contributed by atoms with van der Waals surface area (Å²) in [4.78, 5) is 11.7. The molecule has 0 aromatic heterocycles. The molecule has 0 saturated heterocycles. The molecule has 0 saturated carbocycles. The Hall–Kier alpha value is -2.46. The molecule has 0 heterocycles. The number of amides is 1. The van der Waals surface area contributed by atoms with E-state index in [4.69, 9.17) is 11.6 Å². The third-order valence-electron chi connectivity index (χ3n) is 2.54. The number of rotatable bonds is 3. The minimum absolute atomic E-state index is 0.201. The van der Waals surface area contributed by atoms with Gasteiger partial charge in [-0.15, -0.1) is 0 Å². The first-order valence-electron chi connectivity index (χ1n) is 5.81. The zero-order valence-electron chi connectivity index (χ0n) is 10.4. The van der Waals surface area contributed by atoms with Crippen molar-refractivity contribution in [3.63, 3.8) is 0 Å². The molecule has 20 heavy (non-hydrogen) atoms. The molecule has 102 valence electrons. The van der Waals surface area contributed by atoms with Crippen molar-refractivity contribution in [2.24, 2.45) is 0 Å². The van der Waals surface area contributed by atoms with Crippen LogP contribution in [-0.2, 0) is 4.79 Å². The number of aromatic hydroxyl groups is 2. The lowest BCUT2D eigenvalue weighted by Gasteiger charge is -2.02. The van der Waals surface area contributed by atoms with E-state index in [1.807, 2.05) is 0 Å². The molecule has 0 aliphatic carbocycles. The molecule has 0 unspecified atom stereocenters. The molecule has 0 atom stereocenters. The maximum Gasteiger partial charge on any atom is 0.248 e. The van der Waals surface area contributed by atoms with E-state index in [1.54, 1.807) is 30.3 Å². The Morgan fingerprint density at radius 3 is 2.40 bits per heavy atom. The summed E-state index contributed by atoms with van der Waals surface area (Å²) in [6.07, 6.45) is 2.87. The number of carbonyl (C=O) groups is 1.